The highest BCUT2D eigenvalue weighted by atomic mass is 35.5. The zero-order chi connectivity index (χ0) is 24.5. The zero-order valence-electron chi connectivity index (χ0n) is 19.4. The van der Waals surface area contributed by atoms with Gasteiger partial charge in [0.2, 0.25) is 0 Å². The van der Waals surface area contributed by atoms with E-state index in [1.54, 1.807) is 44.3 Å². The summed E-state index contributed by atoms with van der Waals surface area (Å²) in [6.45, 7) is 7.01. The summed E-state index contributed by atoms with van der Waals surface area (Å²) < 4.78 is 10.9. The van der Waals surface area contributed by atoms with Crippen molar-refractivity contribution in [2.45, 2.75) is 26.0 Å². The summed E-state index contributed by atoms with van der Waals surface area (Å²) in [4.78, 5) is 19.1. The van der Waals surface area contributed by atoms with Crippen LogP contribution in [0, 0.1) is 0 Å². The van der Waals surface area contributed by atoms with Gasteiger partial charge in [0.1, 0.15) is 11.3 Å². The van der Waals surface area contributed by atoms with Gasteiger partial charge in [-0.3, -0.25) is 9.88 Å². The number of carboxylic acid groups (broad SMARTS) is 1. The summed E-state index contributed by atoms with van der Waals surface area (Å²) in [5.74, 6) is -1.59. The van der Waals surface area contributed by atoms with Crippen LogP contribution in [0.3, 0.4) is 0 Å². The number of nitrogens with one attached hydrogen (secondary N) is 1. The van der Waals surface area contributed by atoms with Crippen molar-refractivity contribution in [1.29, 1.82) is 0 Å². The van der Waals surface area contributed by atoms with Gasteiger partial charge in [-0.25, -0.2) is 4.79 Å². The Morgan fingerprint density at radius 1 is 1.26 bits per heavy atom. The normalized spacial score (nSPS) is 14.9. The molecule has 0 saturated carbocycles. The summed E-state index contributed by atoms with van der Waals surface area (Å²) in [6, 6.07) is 8.71. The number of nitrogens with zero attached hydrogens (tertiary/aromatic N) is 2. The fourth-order valence-corrected chi connectivity index (χ4v) is 4.29. The standard InChI is InChI=1S/C25H28ClN3O5/c1-25(2,33-3)18-5-7-20(21(23(18)30)24(31)32)28-22-15(14-29-8-10-34-11-9-29)13-27-19-6-4-16(26)12-17(19)22/h4-7,12-13,30H,8-11,14H2,1-3H3,(H,27,28)(H,31,32). The molecule has 3 N–H and O–H groups in total. The monoisotopic (exact) mass is 485 g/mol. The third kappa shape index (κ3) is 4.81. The van der Waals surface area contributed by atoms with Crippen LogP contribution in [-0.2, 0) is 21.6 Å². The van der Waals surface area contributed by atoms with Gasteiger partial charge in [-0.15, -0.1) is 0 Å². The second-order valence-electron chi connectivity index (χ2n) is 8.74. The van der Waals surface area contributed by atoms with Gasteiger partial charge in [-0.2, -0.15) is 0 Å². The molecule has 0 spiro atoms. The van der Waals surface area contributed by atoms with Gasteiger partial charge >= 0.3 is 5.97 Å². The van der Waals surface area contributed by atoms with Crippen molar-refractivity contribution in [3.63, 3.8) is 0 Å². The third-order valence-electron chi connectivity index (χ3n) is 6.22. The molecule has 1 aromatic heterocycles. The minimum atomic E-state index is -1.25. The number of ether oxygens (including phenoxy) is 2. The molecule has 9 heteroatoms. The van der Waals surface area contributed by atoms with Crippen LogP contribution < -0.4 is 5.32 Å². The van der Waals surface area contributed by atoms with E-state index in [9.17, 15) is 15.0 Å². The van der Waals surface area contributed by atoms with Crippen molar-refractivity contribution in [2.24, 2.45) is 0 Å². The molecular formula is C25H28ClN3O5. The van der Waals surface area contributed by atoms with Crippen LogP contribution in [0.2, 0.25) is 5.02 Å². The van der Waals surface area contributed by atoms with Crippen LogP contribution in [0.15, 0.2) is 36.5 Å². The molecule has 2 aromatic carbocycles. The van der Waals surface area contributed by atoms with Crippen molar-refractivity contribution in [2.75, 3.05) is 38.7 Å². The van der Waals surface area contributed by atoms with E-state index in [1.165, 1.54) is 7.11 Å². The lowest BCUT2D eigenvalue weighted by Gasteiger charge is -2.28. The van der Waals surface area contributed by atoms with Crippen LogP contribution in [0.25, 0.3) is 10.9 Å². The first-order valence-electron chi connectivity index (χ1n) is 11.0. The Labute approximate surface area is 203 Å². The van der Waals surface area contributed by atoms with E-state index in [-0.39, 0.29) is 17.0 Å². The lowest BCUT2D eigenvalue weighted by molar-refractivity contribution is 0.0172. The molecule has 0 bridgehead atoms. The number of anilines is 2. The van der Waals surface area contributed by atoms with Crippen LogP contribution in [0.1, 0.15) is 35.3 Å². The minimum absolute atomic E-state index is 0.230. The van der Waals surface area contributed by atoms with E-state index >= 15 is 0 Å². The molecule has 1 fully saturated rings. The number of rotatable bonds is 7. The fourth-order valence-electron chi connectivity index (χ4n) is 4.12. The minimum Gasteiger partial charge on any atom is -0.507 e. The van der Waals surface area contributed by atoms with Gasteiger partial charge in [0, 0.05) is 54.5 Å². The molecule has 4 rings (SSSR count). The van der Waals surface area contributed by atoms with Gasteiger partial charge in [0.25, 0.3) is 0 Å². The molecule has 0 amide bonds. The van der Waals surface area contributed by atoms with E-state index in [4.69, 9.17) is 21.1 Å². The number of carbonyl (C=O) groups is 1. The highest BCUT2D eigenvalue weighted by Gasteiger charge is 2.29. The van der Waals surface area contributed by atoms with Crippen LogP contribution in [0.5, 0.6) is 5.75 Å². The predicted octanol–water partition coefficient (Wildman–Crippen LogP) is 4.75. The lowest BCUT2D eigenvalue weighted by Crippen LogP contribution is -2.35. The smallest absolute Gasteiger partial charge is 0.341 e. The van der Waals surface area contributed by atoms with Crippen molar-refractivity contribution < 1.29 is 24.5 Å². The first kappa shape index (κ1) is 24.2. The molecule has 1 aliphatic rings. The summed E-state index contributed by atoms with van der Waals surface area (Å²) in [6.07, 6.45) is 1.79. The number of benzene rings is 2. The van der Waals surface area contributed by atoms with Gasteiger partial charge in [0.05, 0.1) is 35.7 Å². The molecular weight excluding hydrogens is 458 g/mol. The summed E-state index contributed by atoms with van der Waals surface area (Å²) >= 11 is 6.30. The predicted molar refractivity (Wildman–Crippen MR) is 131 cm³/mol. The number of aromatic hydroxyl groups is 1. The number of fused-ring (bicyclic) bond motifs is 1. The number of hydrogen-bond donors (Lipinski definition) is 3. The Kier molecular flexibility index (Phi) is 6.95. The molecule has 8 nitrogen and oxygen atoms in total. The Bertz CT molecular complexity index is 1220. The molecule has 0 aliphatic carbocycles. The highest BCUT2D eigenvalue weighted by Crippen LogP contribution is 2.40. The second-order valence-corrected chi connectivity index (χ2v) is 9.17. The van der Waals surface area contributed by atoms with Crippen molar-refractivity contribution in [3.05, 3.63) is 58.2 Å². The highest BCUT2D eigenvalue weighted by molar-refractivity contribution is 6.31. The average Bonchev–Trinajstić information content (AvgIpc) is 2.81. The first-order valence-corrected chi connectivity index (χ1v) is 11.4. The van der Waals surface area contributed by atoms with Crippen molar-refractivity contribution >= 4 is 39.8 Å². The maximum Gasteiger partial charge on any atom is 0.341 e. The number of morpholine rings is 1. The maximum absolute atomic E-state index is 12.2. The number of aromatic nitrogens is 1. The average molecular weight is 486 g/mol. The van der Waals surface area contributed by atoms with Crippen LogP contribution in [-0.4, -0.2) is 59.5 Å². The number of pyridine rings is 1. The van der Waals surface area contributed by atoms with E-state index in [0.29, 0.717) is 36.0 Å². The van der Waals surface area contributed by atoms with Gasteiger partial charge < -0.3 is 25.0 Å². The number of methoxy groups -OCH3 is 1. The number of hydrogen-bond acceptors (Lipinski definition) is 7. The molecule has 2 heterocycles. The fraction of sp³-hybridized carbons (Fsp3) is 0.360. The van der Waals surface area contributed by atoms with Gasteiger partial charge in [-0.1, -0.05) is 17.7 Å². The van der Waals surface area contributed by atoms with Crippen molar-refractivity contribution in [3.8, 4) is 5.75 Å². The topological polar surface area (TPSA) is 104 Å². The Morgan fingerprint density at radius 3 is 2.68 bits per heavy atom. The number of carboxylic acids is 1. The number of halogens is 1. The Morgan fingerprint density at radius 2 is 2.00 bits per heavy atom. The molecule has 0 unspecified atom stereocenters. The molecule has 3 aromatic rings. The molecule has 1 aliphatic heterocycles. The Hall–Kier alpha value is -2.91. The van der Waals surface area contributed by atoms with E-state index < -0.39 is 11.6 Å². The third-order valence-corrected chi connectivity index (χ3v) is 6.45. The van der Waals surface area contributed by atoms with Crippen LogP contribution >= 0.6 is 11.6 Å². The lowest BCUT2D eigenvalue weighted by atomic mass is 9.93. The summed E-state index contributed by atoms with van der Waals surface area (Å²) in [5, 5.41) is 25.5. The molecule has 180 valence electrons. The quantitative estimate of drug-likeness (QED) is 0.440. The SMILES string of the molecule is COC(C)(C)c1ccc(Nc2c(CN3CCOCC3)cnc3ccc(Cl)cc23)c(C(=O)O)c1O. The first-order chi connectivity index (χ1) is 16.2. The zero-order valence-corrected chi connectivity index (χ0v) is 20.1. The maximum atomic E-state index is 12.2. The molecule has 34 heavy (non-hydrogen) atoms. The Balaban J connectivity index is 1.84. The molecule has 0 radical (unpaired) electrons. The number of phenols is 1. The van der Waals surface area contributed by atoms with Gasteiger partial charge in [0.15, 0.2) is 0 Å². The van der Waals surface area contributed by atoms with E-state index in [2.05, 4.69) is 15.2 Å². The molecule has 0 atom stereocenters. The van der Waals surface area contributed by atoms with E-state index in [0.717, 1.165) is 29.6 Å². The van der Waals surface area contributed by atoms with Crippen LogP contribution in [0.4, 0.5) is 11.4 Å². The number of aromatic carboxylic acids is 1. The van der Waals surface area contributed by atoms with E-state index in [1.807, 2.05) is 6.07 Å². The largest absolute Gasteiger partial charge is 0.507 e. The molecule has 1 saturated heterocycles. The van der Waals surface area contributed by atoms with Gasteiger partial charge in [-0.05, 0) is 38.1 Å². The summed E-state index contributed by atoms with van der Waals surface area (Å²) in [7, 11) is 1.51. The summed E-state index contributed by atoms with van der Waals surface area (Å²) in [5.41, 5.74) is 1.84. The second kappa shape index (κ2) is 9.76. The van der Waals surface area contributed by atoms with Crippen molar-refractivity contribution in [1.82, 2.24) is 9.88 Å².